The van der Waals surface area contributed by atoms with E-state index >= 15 is 0 Å². The lowest BCUT2D eigenvalue weighted by Crippen LogP contribution is -2.66. The molecule has 0 aliphatic heterocycles. The smallest absolute Gasteiger partial charge is 0.311 e. The van der Waals surface area contributed by atoms with Gasteiger partial charge in [-0.1, -0.05) is 77.4 Å². The van der Waals surface area contributed by atoms with Crippen molar-refractivity contribution in [3.8, 4) is 0 Å². The predicted molar refractivity (Wildman–Crippen MR) is 171 cm³/mol. The second-order valence-corrected chi connectivity index (χ2v) is 17.1. The molecule has 236 valence electrons. The molecule has 0 spiro atoms. The van der Waals surface area contributed by atoms with Crippen LogP contribution >= 0.6 is 0 Å². The standard InChI is InChI=1S/C39H56O4/c1-9-42-33(41)36(5)20-19-35(4)21-22-38(7)27(28(35)24-36)23-29(40)32-37(6)17-16-31(43-25-26-13-11-10-12-14-26)34(2,3)30(37)15-18-39(32,38)8/h10-14,23,28,30-32H,9,15-22,24-25H2,1-8H3/t28-,30?,31-,32?,35+,36-,37-,38+,39+/m0/s1. The van der Waals surface area contributed by atoms with Gasteiger partial charge in [-0.05, 0) is 122 Å². The van der Waals surface area contributed by atoms with E-state index < -0.39 is 5.41 Å². The zero-order valence-corrected chi connectivity index (χ0v) is 28.2. The average Bonchev–Trinajstić information content (AvgIpc) is 2.95. The summed E-state index contributed by atoms with van der Waals surface area (Å²) < 4.78 is 12.3. The van der Waals surface area contributed by atoms with Gasteiger partial charge in [-0.3, -0.25) is 9.59 Å². The van der Waals surface area contributed by atoms with Crippen LogP contribution in [0.4, 0.5) is 0 Å². The van der Waals surface area contributed by atoms with Gasteiger partial charge < -0.3 is 9.47 Å². The molecule has 43 heavy (non-hydrogen) atoms. The van der Waals surface area contributed by atoms with E-state index in [1.165, 1.54) is 17.6 Å². The zero-order valence-electron chi connectivity index (χ0n) is 28.2. The maximum absolute atomic E-state index is 14.7. The number of hydrogen-bond acceptors (Lipinski definition) is 4. The first kappa shape index (κ1) is 31.1. The lowest BCUT2D eigenvalue weighted by atomic mass is 9.33. The van der Waals surface area contributed by atoms with Crippen LogP contribution in [-0.2, 0) is 25.7 Å². The normalized spacial score (nSPS) is 45.1. The molecule has 0 N–H and O–H groups in total. The Bertz CT molecular complexity index is 1300. The number of fused-ring (bicyclic) bond motifs is 7. The Morgan fingerprint density at radius 3 is 2.28 bits per heavy atom. The lowest BCUT2D eigenvalue weighted by Gasteiger charge is -2.70. The molecule has 0 saturated heterocycles. The van der Waals surface area contributed by atoms with Crippen molar-refractivity contribution in [2.24, 2.45) is 50.2 Å². The largest absolute Gasteiger partial charge is 0.466 e. The molecule has 5 aliphatic rings. The van der Waals surface area contributed by atoms with Crippen molar-refractivity contribution in [2.45, 2.75) is 126 Å². The average molecular weight is 589 g/mol. The Morgan fingerprint density at radius 2 is 1.58 bits per heavy atom. The van der Waals surface area contributed by atoms with Gasteiger partial charge in [0.25, 0.3) is 0 Å². The quantitative estimate of drug-likeness (QED) is 0.322. The van der Waals surface area contributed by atoms with Crippen LogP contribution in [0.15, 0.2) is 42.0 Å². The van der Waals surface area contributed by atoms with Crippen molar-refractivity contribution in [1.82, 2.24) is 0 Å². The van der Waals surface area contributed by atoms with Gasteiger partial charge in [-0.2, -0.15) is 0 Å². The maximum Gasteiger partial charge on any atom is 0.311 e. The summed E-state index contributed by atoms with van der Waals surface area (Å²) in [6, 6.07) is 10.5. The third-order valence-corrected chi connectivity index (χ3v) is 14.6. The van der Waals surface area contributed by atoms with Crippen LogP contribution in [0.1, 0.15) is 119 Å². The number of allylic oxidation sites excluding steroid dienone is 2. The molecule has 4 heteroatoms. The van der Waals surface area contributed by atoms with E-state index in [1.54, 1.807) is 0 Å². The molecular weight excluding hydrogens is 532 g/mol. The summed E-state index contributed by atoms with van der Waals surface area (Å²) in [6.45, 7) is 19.8. The van der Waals surface area contributed by atoms with E-state index in [0.29, 0.717) is 24.9 Å². The van der Waals surface area contributed by atoms with Gasteiger partial charge in [0.15, 0.2) is 5.78 Å². The molecule has 0 aromatic heterocycles. The second kappa shape index (κ2) is 10.3. The highest BCUT2D eigenvalue weighted by molar-refractivity contribution is 5.95. The Kier molecular flexibility index (Phi) is 7.43. The van der Waals surface area contributed by atoms with E-state index in [1.807, 2.05) is 6.92 Å². The number of rotatable bonds is 5. The fourth-order valence-electron chi connectivity index (χ4n) is 11.7. The molecule has 0 radical (unpaired) electrons. The first-order valence-electron chi connectivity index (χ1n) is 17.2. The maximum atomic E-state index is 14.7. The van der Waals surface area contributed by atoms with Gasteiger partial charge in [0.1, 0.15) is 0 Å². The lowest BCUT2D eigenvalue weighted by molar-refractivity contribution is -0.211. The topological polar surface area (TPSA) is 52.6 Å². The zero-order chi connectivity index (χ0) is 31.1. The summed E-state index contributed by atoms with van der Waals surface area (Å²) in [7, 11) is 0. The van der Waals surface area contributed by atoms with Crippen LogP contribution in [0.25, 0.3) is 0 Å². The number of hydrogen-bond donors (Lipinski definition) is 0. The summed E-state index contributed by atoms with van der Waals surface area (Å²) in [5.74, 6) is 1.00. The number of ether oxygens (including phenoxy) is 2. The number of esters is 1. The molecular formula is C39H56O4. The van der Waals surface area contributed by atoms with Crippen molar-refractivity contribution in [3.63, 3.8) is 0 Å². The van der Waals surface area contributed by atoms with Crippen LogP contribution in [0, 0.1) is 50.2 Å². The SMILES string of the molecule is CCOC(=O)[C@@]1(C)CC[C@]2(C)CC[C@]3(C)C(=CC(=O)C4[C@@]5(C)CC[C@H](OCc6ccccc6)C(C)(C)C5CC[C@]43C)[C@@H]2C1. The minimum Gasteiger partial charge on any atom is -0.466 e. The molecule has 1 aromatic carbocycles. The van der Waals surface area contributed by atoms with Gasteiger partial charge in [0, 0.05) is 5.92 Å². The molecule has 0 heterocycles. The van der Waals surface area contributed by atoms with Crippen LogP contribution in [-0.4, -0.2) is 24.5 Å². The van der Waals surface area contributed by atoms with Gasteiger partial charge in [-0.15, -0.1) is 0 Å². The summed E-state index contributed by atoms with van der Waals surface area (Å²) in [4.78, 5) is 27.9. The van der Waals surface area contributed by atoms with Crippen molar-refractivity contribution in [3.05, 3.63) is 47.5 Å². The van der Waals surface area contributed by atoms with Crippen molar-refractivity contribution in [2.75, 3.05) is 6.61 Å². The summed E-state index contributed by atoms with van der Waals surface area (Å²) >= 11 is 0. The van der Waals surface area contributed by atoms with Crippen LogP contribution in [0.5, 0.6) is 0 Å². The molecule has 4 nitrogen and oxygen atoms in total. The molecule has 0 bridgehead atoms. The van der Waals surface area contributed by atoms with Gasteiger partial charge in [-0.25, -0.2) is 0 Å². The van der Waals surface area contributed by atoms with Gasteiger partial charge >= 0.3 is 5.97 Å². The molecule has 4 fully saturated rings. The van der Waals surface area contributed by atoms with Gasteiger partial charge in [0.2, 0.25) is 0 Å². The highest BCUT2D eigenvalue weighted by Crippen LogP contribution is 2.75. The molecule has 9 atom stereocenters. The molecule has 6 rings (SSSR count). The van der Waals surface area contributed by atoms with Gasteiger partial charge in [0.05, 0.1) is 24.7 Å². The Labute approximate surface area is 260 Å². The van der Waals surface area contributed by atoms with Crippen molar-refractivity contribution in [1.29, 1.82) is 0 Å². The van der Waals surface area contributed by atoms with Crippen molar-refractivity contribution >= 4 is 11.8 Å². The summed E-state index contributed by atoms with van der Waals surface area (Å²) in [6.07, 6.45) is 11.6. The number of benzene rings is 1. The molecule has 1 aromatic rings. The van der Waals surface area contributed by atoms with E-state index in [0.717, 1.165) is 51.4 Å². The predicted octanol–water partition coefficient (Wildman–Crippen LogP) is 9.12. The Hall–Kier alpha value is -1.94. The van der Waals surface area contributed by atoms with Crippen LogP contribution < -0.4 is 0 Å². The molecule has 0 amide bonds. The number of carbonyl (C=O) groups is 2. The molecule has 2 unspecified atom stereocenters. The minimum atomic E-state index is -0.480. The Balaban J connectivity index is 1.32. The Morgan fingerprint density at radius 1 is 0.884 bits per heavy atom. The van der Waals surface area contributed by atoms with Crippen molar-refractivity contribution < 1.29 is 19.1 Å². The fraction of sp³-hybridized carbons (Fsp3) is 0.744. The first-order valence-corrected chi connectivity index (χ1v) is 17.2. The van der Waals surface area contributed by atoms with E-state index in [4.69, 9.17) is 9.47 Å². The summed E-state index contributed by atoms with van der Waals surface area (Å²) in [5, 5.41) is 0. The minimum absolute atomic E-state index is 0.00968. The number of carbonyl (C=O) groups excluding carboxylic acids is 2. The molecule has 4 saturated carbocycles. The third-order valence-electron chi connectivity index (χ3n) is 14.6. The number of ketones is 1. The van der Waals surface area contributed by atoms with E-state index in [2.05, 4.69) is 84.9 Å². The monoisotopic (exact) mass is 588 g/mol. The fourth-order valence-corrected chi connectivity index (χ4v) is 11.7. The highest BCUT2D eigenvalue weighted by atomic mass is 16.5. The van der Waals surface area contributed by atoms with Crippen LogP contribution in [0.3, 0.4) is 0 Å². The van der Waals surface area contributed by atoms with E-state index in [9.17, 15) is 9.59 Å². The second-order valence-electron chi connectivity index (χ2n) is 17.1. The van der Waals surface area contributed by atoms with E-state index in [-0.39, 0.29) is 51.0 Å². The highest BCUT2D eigenvalue weighted by Gasteiger charge is 2.70. The molecule has 5 aliphatic carbocycles. The van der Waals surface area contributed by atoms with Crippen LogP contribution in [0.2, 0.25) is 0 Å². The third kappa shape index (κ3) is 4.46. The summed E-state index contributed by atoms with van der Waals surface area (Å²) in [5.41, 5.74) is 2.04. The first-order chi connectivity index (χ1) is 20.1.